The summed E-state index contributed by atoms with van der Waals surface area (Å²) in [5.74, 6) is 0.934. The van der Waals surface area contributed by atoms with Crippen molar-refractivity contribution < 1.29 is 0 Å². The van der Waals surface area contributed by atoms with Gasteiger partial charge < -0.3 is 0 Å². The molecule has 2 aliphatic carbocycles. The van der Waals surface area contributed by atoms with E-state index in [4.69, 9.17) is 11.6 Å². The Morgan fingerprint density at radius 3 is 2.50 bits per heavy atom. The Bertz CT molecular complexity index is 156. The number of rotatable bonds is 1. The van der Waals surface area contributed by atoms with Crippen LogP contribution >= 0.6 is 11.6 Å². The molecular formula is C9H13Cl. The summed E-state index contributed by atoms with van der Waals surface area (Å²) in [7, 11) is 0. The van der Waals surface area contributed by atoms with Gasteiger partial charge in [0.15, 0.2) is 0 Å². The highest BCUT2D eigenvalue weighted by atomic mass is 35.5. The maximum Gasteiger partial charge on any atom is 0.0521 e. The second kappa shape index (κ2) is 2.58. The molecule has 1 unspecified atom stereocenters. The van der Waals surface area contributed by atoms with Crippen molar-refractivity contribution in [2.45, 2.75) is 37.5 Å². The molecule has 0 N–H and O–H groups in total. The molecule has 2 rings (SSSR count). The van der Waals surface area contributed by atoms with Crippen LogP contribution in [0, 0.1) is 5.92 Å². The zero-order valence-corrected chi connectivity index (χ0v) is 6.90. The van der Waals surface area contributed by atoms with Crippen molar-refractivity contribution in [3.8, 4) is 0 Å². The van der Waals surface area contributed by atoms with Gasteiger partial charge in [0.1, 0.15) is 0 Å². The lowest BCUT2D eigenvalue weighted by atomic mass is 9.79. The predicted octanol–water partition coefficient (Wildman–Crippen LogP) is 3.11. The van der Waals surface area contributed by atoms with Gasteiger partial charge in [0, 0.05) is 0 Å². The fraction of sp³-hybridized carbons (Fsp3) is 0.778. The molecule has 0 nitrogen and oxygen atoms in total. The summed E-state index contributed by atoms with van der Waals surface area (Å²) in [6.45, 7) is 0. The summed E-state index contributed by atoms with van der Waals surface area (Å²) in [4.78, 5) is 0. The number of hydrogen-bond acceptors (Lipinski definition) is 0. The van der Waals surface area contributed by atoms with E-state index in [1.807, 2.05) is 0 Å². The van der Waals surface area contributed by atoms with Crippen molar-refractivity contribution in [1.82, 2.24) is 0 Å². The summed E-state index contributed by atoms with van der Waals surface area (Å²) in [5.41, 5.74) is 1.66. The summed E-state index contributed by atoms with van der Waals surface area (Å²) < 4.78 is 0. The first-order chi connectivity index (χ1) is 4.86. The molecule has 0 aromatic carbocycles. The SMILES string of the molecule is ClC1C=C(C2CCC2)CC1. The maximum absolute atomic E-state index is 5.96. The summed E-state index contributed by atoms with van der Waals surface area (Å²) in [6, 6.07) is 0. The Labute approximate surface area is 67.3 Å². The first-order valence-corrected chi connectivity index (χ1v) is 4.64. The number of allylic oxidation sites excluding steroid dienone is 2. The van der Waals surface area contributed by atoms with Crippen LogP contribution in [0.4, 0.5) is 0 Å². The highest BCUT2D eigenvalue weighted by molar-refractivity contribution is 6.22. The molecule has 0 amide bonds. The van der Waals surface area contributed by atoms with Crippen molar-refractivity contribution in [2.24, 2.45) is 5.92 Å². The lowest BCUT2D eigenvalue weighted by molar-refractivity contribution is 0.362. The quantitative estimate of drug-likeness (QED) is 0.404. The van der Waals surface area contributed by atoms with Gasteiger partial charge in [-0.2, -0.15) is 0 Å². The first-order valence-electron chi connectivity index (χ1n) is 4.21. The summed E-state index contributed by atoms with van der Waals surface area (Å²) >= 11 is 5.96. The second-order valence-corrected chi connectivity index (χ2v) is 3.98. The molecule has 56 valence electrons. The Morgan fingerprint density at radius 2 is 2.10 bits per heavy atom. The number of alkyl halides is 1. The highest BCUT2D eigenvalue weighted by Crippen LogP contribution is 2.39. The van der Waals surface area contributed by atoms with Crippen LogP contribution in [0.1, 0.15) is 32.1 Å². The lowest BCUT2D eigenvalue weighted by Gasteiger charge is -2.26. The average Bonchev–Trinajstić information content (AvgIpc) is 2.10. The van der Waals surface area contributed by atoms with Crippen molar-refractivity contribution in [1.29, 1.82) is 0 Å². The standard InChI is InChI=1S/C9H13Cl/c10-9-5-4-8(6-9)7-2-1-3-7/h6-7,9H,1-5H2. The molecule has 0 bridgehead atoms. The molecule has 1 heteroatoms. The third-order valence-corrected chi connectivity index (χ3v) is 3.08. The Kier molecular flexibility index (Phi) is 1.73. The minimum Gasteiger partial charge on any atom is -0.118 e. The predicted molar refractivity (Wildman–Crippen MR) is 44.3 cm³/mol. The fourth-order valence-corrected chi connectivity index (χ4v) is 2.09. The molecule has 1 atom stereocenters. The molecule has 0 aliphatic heterocycles. The Morgan fingerprint density at radius 1 is 1.30 bits per heavy atom. The van der Waals surface area contributed by atoms with Gasteiger partial charge in [-0.05, 0) is 31.6 Å². The van der Waals surface area contributed by atoms with Crippen molar-refractivity contribution in [2.75, 3.05) is 0 Å². The zero-order chi connectivity index (χ0) is 6.97. The molecule has 1 saturated carbocycles. The van der Waals surface area contributed by atoms with Gasteiger partial charge in [-0.1, -0.05) is 18.1 Å². The Hall–Kier alpha value is 0.0300. The van der Waals surface area contributed by atoms with E-state index in [0.717, 1.165) is 5.92 Å². The van der Waals surface area contributed by atoms with Crippen LogP contribution < -0.4 is 0 Å². The third kappa shape index (κ3) is 1.10. The minimum atomic E-state index is 0.357. The van der Waals surface area contributed by atoms with Gasteiger partial charge in [-0.15, -0.1) is 11.6 Å². The van der Waals surface area contributed by atoms with Crippen LogP contribution in [0.2, 0.25) is 0 Å². The van der Waals surface area contributed by atoms with E-state index in [1.54, 1.807) is 5.57 Å². The fourth-order valence-electron chi connectivity index (χ4n) is 1.82. The van der Waals surface area contributed by atoms with Crippen LogP contribution in [-0.4, -0.2) is 5.38 Å². The Balaban J connectivity index is 1.97. The first kappa shape index (κ1) is 6.72. The molecule has 0 aromatic rings. The molecule has 0 radical (unpaired) electrons. The van der Waals surface area contributed by atoms with Crippen LogP contribution in [0.5, 0.6) is 0 Å². The maximum atomic E-state index is 5.96. The smallest absolute Gasteiger partial charge is 0.0521 e. The molecule has 10 heavy (non-hydrogen) atoms. The van der Waals surface area contributed by atoms with E-state index in [-0.39, 0.29) is 0 Å². The van der Waals surface area contributed by atoms with Crippen molar-refractivity contribution in [3.63, 3.8) is 0 Å². The molecular weight excluding hydrogens is 144 g/mol. The van der Waals surface area contributed by atoms with Gasteiger partial charge in [0.25, 0.3) is 0 Å². The molecule has 0 aromatic heterocycles. The van der Waals surface area contributed by atoms with E-state index < -0.39 is 0 Å². The van der Waals surface area contributed by atoms with E-state index >= 15 is 0 Å². The number of hydrogen-bond donors (Lipinski definition) is 0. The van der Waals surface area contributed by atoms with E-state index in [1.165, 1.54) is 32.1 Å². The van der Waals surface area contributed by atoms with Gasteiger partial charge in [-0.25, -0.2) is 0 Å². The molecule has 2 aliphatic rings. The molecule has 0 saturated heterocycles. The lowest BCUT2D eigenvalue weighted by Crippen LogP contribution is -2.12. The summed E-state index contributed by atoms with van der Waals surface area (Å²) in [5, 5.41) is 0.357. The van der Waals surface area contributed by atoms with Crippen molar-refractivity contribution in [3.05, 3.63) is 11.6 Å². The van der Waals surface area contributed by atoms with Gasteiger partial charge in [0.05, 0.1) is 5.38 Å². The number of halogens is 1. The van der Waals surface area contributed by atoms with Crippen molar-refractivity contribution >= 4 is 11.6 Å². The van der Waals surface area contributed by atoms with E-state index in [0.29, 0.717) is 5.38 Å². The van der Waals surface area contributed by atoms with Crippen LogP contribution in [-0.2, 0) is 0 Å². The third-order valence-electron chi connectivity index (χ3n) is 2.73. The van der Waals surface area contributed by atoms with E-state index in [9.17, 15) is 0 Å². The van der Waals surface area contributed by atoms with Gasteiger partial charge in [-0.3, -0.25) is 0 Å². The minimum absolute atomic E-state index is 0.357. The van der Waals surface area contributed by atoms with Crippen LogP contribution in [0.25, 0.3) is 0 Å². The second-order valence-electron chi connectivity index (χ2n) is 3.42. The normalized spacial score (nSPS) is 33.7. The van der Waals surface area contributed by atoms with Gasteiger partial charge in [0.2, 0.25) is 0 Å². The van der Waals surface area contributed by atoms with Crippen LogP contribution in [0.3, 0.4) is 0 Å². The van der Waals surface area contributed by atoms with Gasteiger partial charge >= 0.3 is 0 Å². The topological polar surface area (TPSA) is 0 Å². The monoisotopic (exact) mass is 156 g/mol. The molecule has 0 heterocycles. The average molecular weight is 157 g/mol. The molecule has 0 spiro atoms. The summed E-state index contributed by atoms with van der Waals surface area (Å²) in [6.07, 6.45) is 9.04. The molecule has 1 fully saturated rings. The van der Waals surface area contributed by atoms with E-state index in [2.05, 4.69) is 6.08 Å². The largest absolute Gasteiger partial charge is 0.118 e. The zero-order valence-electron chi connectivity index (χ0n) is 6.15. The van der Waals surface area contributed by atoms with Crippen LogP contribution in [0.15, 0.2) is 11.6 Å². The highest BCUT2D eigenvalue weighted by Gasteiger charge is 2.25.